The van der Waals surface area contributed by atoms with Gasteiger partial charge in [0.2, 0.25) is 0 Å². The zero-order valence-corrected chi connectivity index (χ0v) is 13.0. The average molecular weight is 278 g/mol. The van der Waals surface area contributed by atoms with E-state index < -0.39 is 5.97 Å². The standard InChI is InChI=1S/C16H26N2O2/c1-13-6-7-14(2)15(12-13)18(11-8-16(19)20)10-5-9-17(3)4/h6-7,12H,5,8-11H2,1-4H3,(H,19,20). The molecule has 112 valence electrons. The van der Waals surface area contributed by atoms with Crippen molar-refractivity contribution in [3.05, 3.63) is 29.3 Å². The van der Waals surface area contributed by atoms with Gasteiger partial charge in [-0.05, 0) is 58.1 Å². The number of anilines is 1. The maximum atomic E-state index is 10.8. The topological polar surface area (TPSA) is 43.8 Å². The third kappa shape index (κ3) is 5.61. The van der Waals surface area contributed by atoms with Crippen LogP contribution in [-0.4, -0.2) is 49.7 Å². The molecule has 0 aliphatic rings. The van der Waals surface area contributed by atoms with Gasteiger partial charge in [-0.1, -0.05) is 12.1 Å². The number of hydrogen-bond donors (Lipinski definition) is 1. The molecule has 0 aliphatic heterocycles. The van der Waals surface area contributed by atoms with Gasteiger partial charge in [-0.25, -0.2) is 0 Å². The second kappa shape index (κ2) is 7.90. The molecule has 0 aromatic heterocycles. The van der Waals surface area contributed by atoms with Crippen molar-refractivity contribution in [1.82, 2.24) is 4.90 Å². The quantitative estimate of drug-likeness (QED) is 0.793. The molecule has 1 aromatic rings. The fraction of sp³-hybridized carbons (Fsp3) is 0.562. The molecule has 0 heterocycles. The van der Waals surface area contributed by atoms with Gasteiger partial charge in [0.05, 0.1) is 6.42 Å². The van der Waals surface area contributed by atoms with Crippen molar-refractivity contribution in [2.24, 2.45) is 0 Å². The summed E-state index contributed by atoms with van der Waals surface area (Å²) < 4.78 is 0. The first-order chi connectivity index (χ1) is 9.40. The van der Waals surface area contributed by atoms with E-state index in [1.807, 2.05) is 0 Å². The second-order valence-electron chi connectivity index (χ2n) is 5.58. The molecule has 0 bridgehead atoms. The van der Waals surface area contributed by atoms with Crippen molar-refractivity contribution in [2.45, 2.75) is 26.7 Å². The number of carboxylic acids is 1. The van der Waals surface area contributed by atoms with Crippen molar-refractivity contribution < 1.29 is 9.90 Å². The summed E-state index contributed by atoms with van der Waals surface area (Å²) in [5.74, 6) is -0.743. The van der Waals surface area contributed by atoms with Gasteiger partial charge in [0.15, 0.2) is 0 Å². The first-order valence-corrected chi connectivity index (χ1v) is 7.09. The Hall–Kier alpha value is -1.55. The van der Waals surface area contributed by atoms with Crippen LogP contribution in [0.1, 0.15) is 24.0 Å². The third-order valence-electron chi connectivity index (χ3n) is 3.33. The van der Waals surface area contributed by atoms with Crippen LogP contribution in [0.15, 0.2) is 18.2 Å². The largest absolute Gasteiger partial charge is 0.481 e. The minimum absolute atomic E-state index is 0.176. The highest BCUT2D eigenvalue weighted by molar-refractivity contribution is 5.68. The molecule has 1 rings (SSSR count). The SMILES string of the molecule is Cc1ccc(C)c(N(CCCN(C)C)CCC(=O)O)c1. The van der Waals surface area contributed by atoms with Crippen molar-refractivity contribution in [3.8, 4) is 0 Å². The molecule has 0 radical (unpaired) electrons. The van der Waals surface area contributed by atoms with Crippen LogP contribution in [0, 0.1) is 13.8 Å². The number of carbonyl (C=O) groups is 1. The fourth-order valence-electron chi connectivity index (χ4n) is 2.22. The molecule has 0 amide bonds. The first-order valence-electron chi connectivity index (χ1n) is 7.09. The van der Waals surface area contributed by atoms with Crippen LogP contribution in [0.25, 0.3) is 0 Å². The molecule has 0 atom stereocenters. The summed E-state index contributed by atoms with van der Waals surface area (Å²) in [5, 5.41) is 8.91. The molecule has 0 saturated carbocycles. The van der Waals surface area contributed by atoms with Crippen LogP contribution in [0.2, 0.25) is 0 Å². The van der Waals surface area contributed by atoms with Gasteiger partial charge in [-0.15, -0.1) is 0 Å². The van der Waals surface area contributed by atoms with Crippen LogP contribution in [-0.2, 0) is 4.79 Å². The zero-order chi connectivity index (χ0) is 15.1. The summed E-state index contributed by atoms with van der Waals surface area (Å²) in [6.07, 6.45) is 1.20. The monoisotopic (exact) mass is 278 g/mol. The van der Waals surface area contributed by atoms with Crippen LogP contribution in [0.5, 0.6) is 0 Å². The molecular weight excluding hydrogens is 252 g/mol. The van der Waals surface area contributed by atoms with Crippen LogP contribution in [0.4, 0.5) is 5.69 Å². The Morgan fingerprint density at radius 2 is 1.85 bits per heavy atom. The number of aliphatic carboxylic acids is 1. The molecule has 4 nitrogen and oxygen atoms in total. The molecule has 0 saturated heterocycles. The summed E-state index contributed by atoms with van der Waals surface area (Å²) in [6.45, 7) is 6.60. The Balaban J connectivity index is 2.79. The van der Waals surface area contributed by atoms with Gasteiger partial charge >= 0.3 is 5.97 Å². The third-order valence-corrected chi connectivity index (χ3v) is 3.33. The maximum Gasteiger partial charge on any atom is 0.305 e. The van der Waals surface area contributed by atoms with E-state index >= 15 is 0 Å². The van der Waals surface area contributed by atoms with Gasteiger partial charge in [-0.2, -0.15) is 0 Å². The Bertz CT molecular complexity index is 444. The first kappa shape index (κ1) is 16.5. The van der Waals surface area contributed by atoms with Crippen molar-refractivity contribution in [1.29, 1.82) is 0 Å². The minimum atomic E-state index is -0.743. The van der Waals surface area contributed by atoms with Crippen molar-refractivity contribution >= 4 is 11.7 Å². The fourth-order valence-corrected chi connectivity index (χ4v) is 2.22. The Morgan fingerprint density at radius 1 is 1.15 bits per heavy atom. The average Bonchev–Trinajstić information content (AvgIpc) is 2.36. The van der Waals surface area contributed by atoms with Crippen LogP contribution < -0.4 is 4.90 Å². The predicted octanol–water partition coefficient (Wildman–Crippen LogP) is 2.54. The highest BCUT2D eigenvalue weighted by atomic mass is 16.4. The lowest BCUT2D eigenvalue weighted by Gasteiger charge is -2.27. The van der Waals surface area contributed by atoms with Crippen LogP contribution >= 0.6 is 0 Å². The summed E-state index contributed by atoms with van der Waals surface area (Å²) >= 11 is 0. The number of benzene rings is 1. The van der Waals surface area contributed by atoms with Crippen molar-refractivity contribution in [3.63, 3.8) is 0 Å². The molecular formula is C16H26N2O2. The van der Waals surface area contributed by atoms with Gasteiger partial charge in [-0.3, -0.25) is 4.79 Å². The summed E-state index contributed by atoms with van der Waals surface area (Å²) in [5.41, 5.74) is 3.56. The smallest absolute Gasteiger partial charge is 0.305 e. The maximum absolute atomic E-state index is 10.8. The lowest BCUT2D eigenvalue weighted by atomic mass is 10.1. The predicted molar refractivity (Wildman–Crippen MR) is 83.6 cm³/mol. The van der Waals surface area contributed by atoms with E-state index in [2.05, 4.69) is 55.9 Å². The summed E-state index contributed by atoms with van der Waals surface area (Å²) in [7, 11) is 4.11. The van der Waals surface area contributed by atoms with E-state index in [0.717, 1.165) is 25.2 Å². The molecule has 0 fully saturated rings. The number of carboxylic acid groups (broad SMARTS) is 1. The Kier molecular flexibility index (Phi) is 6.52. The van der Waals surface area contributed by atoms with E-state index in [1.54, 1.807) is 0 Å². The van der Waals surface area contributed by atoms with Crippen LogP contribution in [0.3, 0.4) is 0 Å². The number of rotatable bonds is 8. The Morgan fingerprint density at radius 3 is 2.45 bits per heavy atom. The molecule has 1 N–H and O–H groups in total. The number of nitrogens with zero attached hydrogens (tertiary/aromatic N) is 2. The molecule has 1 aromatic carbocycles. The highest BCUT2D eigenvalue weighted by Gasteiger charge is 2.11. The minimum Gasteiger partial charge on any atom is -0.481 e. The normalized spacial score (nSPS) is 10.8. The lowest BCUT2D eigenvalue weighted by Crippen LogP contribution is -2.30. The van der Waals surface area contributed by atoms with E-state index in [-0.39, 0.29) is 6.42 Å². The van der Waals surface area contributed by atoms with Crippen molar-refractivity contribution in [2.75, 3.05) is 38.6 Å². The van der Waals surface area contributed by atoms with Gasteiger partial charge in [0.25, 0.3) is 0 Å². The van der Waals surface area contributed by atoms with E-state index in [0.29, 0.717) is 6.54 Å². The summed E-state index contributed by atoms with van der Waals surface area (Å²) in [6, 6.07) is 6.34. The Labute approximate surface area is 122 Å². The highest BCUT2D eigenvalue weighted by Crippen LogP contribution is 2.22. The molecule has 20 heavy (non-hydrogen) atoms. The van der Waals surface area contributed by atoms with E-state index in [4.69, 9.17) is 5.11 Å². The van der Waals surface area contributed by atoms with E-state index in [9.17, 15) is 4.79 Å². The van der Waals surface area contributed by atoms with Gasteiger partial charge in [0, 0.05) is 18.8 Å². The molecule has 4 heteroatoms. The van der Waals surface area contributed by atoms with Gasteiger partial charge in [0.1, 0.15) is 0 Å². The van der Waals surface area contributed by atoms with E-state index in [1.165, 1.54) is 11.1 Å². The number of hydrogen-bond acceptors (Lipinski definition) is 3. The number of aryl methyl sites for hydroxylation is 2. The zero-order valence-electron chi connectivity index (χ0n) is 13.0. The molecule has 0 aliphatic carbocycles. The lowest BCUT2D eigenvalue weighted by molar-refractivity contribution is -0.136. The summed E-state index contributed by atoms with van der Waals surface area (Å²) in [4.78, 5) is 15.2. The molecule has 0 unspecified atom stereocenters. The van der Waals surface area contributed by atoms with Gasteiger partial charge < -0.3 is 14.9 Å². The second-order valence-corrected chi connectivity index (χ2v) is 5.58. The molecule has 0 spiro atoms.